The van der Waals surface area contributed by atoms with E-state index in [1.165, 1.54) is 6.07 Å². The molecule has 2 aromatic carbocycles. The van der Waals surface area contributed by atoms with Gasteiger partial charge in [0.2, 0.25) is 5.91 Å². The molecule has 1 fully saturated rings. The molecule has 1 aliphatic heterocycles. The first kappa shape index (κ1) is 20.5. The van der Waals surface area contributed by atoms with Crippen LogP contribution in [0.3, 0.4) is 0 Å². The van der Waals surface area contributed by atoms with Crippen LogP contribution in [0, 0.1) is 6.92 Å². The van der Waals surface area contributed by atoms with Crippen LogP contribution in [0.1, 0.15) is 12.0 Å². The molecular formula is C22H26N2O5. The molecule has 1 saturated heterocycles. The Morgan fingerprint density at radius 2 is 1.45 bits per heavy atom. The number of piperazine rings is 1. The fourth-order valence-corrected chi connectivity index (χ4v) is 3.14. The molecule has 3 rings (SSSR count). The SMILES string of the molecule is Cc1ccccc1OCCC(=O)N1CCN(C(=O)COc2ccccc2O)CC1. The predicted molar refractivity (Wildman–Crippen MR) is 108 cm³/mol. The van der Waals surface area contributed by atoms with Crippen LogP contribution in [-0.2, 0) is 9.59 Å². The van der Waals surface area contributed by atoms with Gasteiger partial charge in [0.1, 0.15) is 5.75 Å². The Bertz CT molecular complexity index is 847. The number of amides is 2. The number of carbonyl (C=O) groups excluding carboxylic acids is 2. The summed E-state index contributed by atoms with van der Waals surface area (Å²) in [7, 11) is 0. The van der Waals surface area contributed by atoms with Gasteiger partial charge in [0, 0.05) is 26.2 Å². The van der Waals surface area contributed by atoms with Gasteiger partial charge < -0.3 is 24.4 Å². The molecule has 0 aliphatic carbocycles. The number of carbonyl (C=O) groups is 2. The molecular weight excluding hydrogens is 372 g/mol. The van der Waals surface area contributed by atoms with Gasteiger partial charge in [-0.15, -0.1) is 0 Å². The van der Waals surface area contributed by atoms with Crippen molar-refractivity contribution in [2.24, 2.45) is 0 Å². The van der Waals surface area contributed by atoms with Gasteiger partial charge in [0.25, 0.3) is 5.91 Å². The van der Waals surface area contributed by atoms with Crippen LogP contribution >= 0.6 is 0 Å². The average Bonchev–Trinajstić information content (AvgIpc) is 2.74. The zero-order valence-corrected chi connectivity index (χ0v) is 16.5. The Labute approximate surface area is 170 Å². The minimum Gasteiger partial charge on any atom is -0.504 e. The largest absolute Gasteiger partial charge is 0.504 e. The number of ether oxygens (including phenoxy) is 2. The molecule has 0 unspecified atom stereocenters. The number of aromatic hydroxyl groups is 1. The highest BCUT2D eigenvalue weighted by atomic mass is 16.5. The summed E-state index contributed by atoms with van der Waals surface area (Å²) in [5, 5.41) is 9.68. The van der Waals surface area contributed by atoms with Gasteiger partial charge in [-0.05, 0) is 30.7 Å². The van der Waals surface area contributed by atoms with E-state index in [0.29, 0.717) is 39.2 Å². The number of para-hydroxylation sites is 3. The highest BCUT2D eigenvalue weighted by Crippen LogP contribution is 2.24. The molecule has 2 aromatic rings. The molecule has 7 heteroatoms. The van der Waals surface area contributed by atoms with E-state index in [-0.39, 0.29) is 29.9 Å². The van der Waals surface area contributed by atoms with E-state index in [9.17, 15) is 14.7 Å². The van der Waals surface area contributed by atoms with E-state index in [4.69, 9.17) is 9.47 Å². The van der Waals surface area contributed by atoms with E-state index >= 15 is 0 Å². The summed E-state index contributed by atoms with van der Waals surface area (Å²) in [5.41, 5.74) is 1.04. The number of nitrogens with zero attached hydrogens (tertiary/aromatic N) is 2. The van der Waals surface area contributed by atoms with E-state index in [2.05, 4.69) is 0 Å². The van der Waals surface area contributed by atoms with Gasteiger partial charge in [-0.2, -0.15) is 0 Å². The quantitative estimate of drug-likeness (QED) is 0.774. The first-order valence-corrected chi connectivity index (χ1v) is 9.69. The second-order valence-corrected chi connectivity index (χ2v) is 6.88. The van der Waals surface area contributed by atoms with Crippen LogP contribution in [0.5, 0.6) is 17.2 Å². The zero-order chi connectivity index (χ0) is 20.6. The minimum absolute atomic E-state index is 0.00336. The van der Waals surface area contributed by atoms with Crippen molar-refractivity contribution in [3.63, 3.8) is 0 Å². The third kappa shape index (κ3) is 5.63. The molecule has 0 aromatic heterocycles. The Kier molecular flexibility index (Phi) is 6.94. The Morgan fingerprint density at radius 1 is 0.862 bits per heavy atom. The van der Waals surface area contributed by atoms with Gasteiger partial charge in [-0.1, -0.05) is 30.3 Å². The molecule has 0 spiro atoms. The lowest BCUT2D eigenvalue weighted by Crippen LogP contribution is -2.51. The molecule has 2 amide bonds. The van der Waals surface area contributed by atoms with E-state index in [1.54, 1.807) is 28.0 Å². The molecule has 0 radical (unpaired) electrons. The fourth-order valence-electron chi connectivity index (χ4n) is 3.14. The number of aryl methyl sites for hydroxylation is 1. The van der Waals surface area contributed by atoms with Gasteiger partial charge in [-0.25, -0.2) is 0 Å². The first-order chi connectivity index (χ1) is 14.0. The van der Waals surface area contributed by atoms with Crippen molar-refractivity contribution >= 4 is 11.8 Å². The topological polar surface area (TPSA) is 79.3 Å². The van der Waals surface area contributed by atoms with Gasteiger partial charge in [0.15, 0.2) is 18.1 Å². The van der Waals surface area contributed by atoms with Crippen LogP contribution in [0.25, 0.3) is 0 Å². The predicted octanol–water partition coefficient (Wildman–Crippen LogP) is 2.22. The standard InChI is InChI=1S/C22H26N2O5/c1-17-6-2-4-8-19(17)28-15-10-21(26)23-11-13-24(14-12-23)22(27)16-29-20-9-5-3-7-18(20)25/h2-9,25H,10-16H2,1H3. The van der Waals surface area contributed by atoms with Crippen molar-refractivity contribution in [3.8, 4) is 17.2 Å². The Morgan fingerprint density at radius 3 is 2.10 bits per heavy atom. The Balaban J connectivity index is 1.38. The first-order valence-electron chi connectivity index (χ1n) is 9.69. The lowest BCUT2D eigenvalue weighted by atomic mass is 10.2. The summed E-state index contributed by atoms with van der Waals surface area (Å²) in [5.74, 6) is 0.937. The highest BCUT2D eigenvalue weighted by molar-refractivity contribution is 5.79. The fraction of sp³-hybridized carbons (Fsp3) is 0.364. The molecule has 0 atom stereocenters. The van der Waals surface area contributed by atoms with Crippen molar-refractivity contribution < 1.29 is 24.2 Å². The summed E-state index contributed by atoms with van der Waals surface area (Å²) in [6.07, 6.45) is 0.304. The normalized spacial score (nSPS) is 13.8. The van der Waals surface area contributed by atoms with Crippen molar-refractivity contribution in [2.75, 3.05) is 39.4 Å². The zero-order valence-electron chi connectivity index (χ0n) is 16.5. The maximum absolute atomic E-state index is 12.4. The van der Waals surface area contributed by atoms with Crippen molar-refractivity contribution in [1.82, 2.24) is 9.80 Å². The second-order valence-electron chi connectivity index (χ2n) is 6.88. The number of benzene rings is 2. The number of hydrogen-bond donors (Lipinski definition) is 1. The van der Waals surface area contributed by atoms with Crippen LogP contribution in [0.2, 0.25) is 0 Å². The number of hydrogen-bond acceptors (Lipinski definition) is 5. The van der Waals surface area contributed by atoms with Crippen molar-refractivity contribution in [2.45, 2.75) is 13.3 Å². The summed E-state index contributed by atoms with van der Waals surface area (Å²) >= 11 is 0. The highest BCUT2D eigenvalue weighted by Gasteiger charge is 2.24. The molecule has 154 valence electrons. The third-order valence-corrected chi connectivity index (χ3v) is 4.87. The van der Waals surface area contributed by atoms with E-state index in [1.807, 2.05) is 31.2 Å². The summed E-state index contributed by atoms with van der Waals surface area (Å²) < 4.78 is 11.1. The maximum Gasteiger partial charge on any atom is 0.260 e. The second kappa shape index (κ2) is 9.82. The minimum atomic E-state index is -0.164. The van der Waals surface area contributed by atoms with Crippen LogP contribution in [-0.4, -0.2) is 66.1 Å². The molecule has 0 bridgehead atoms. The van der Waals surface area contributed by atoms with Gasteiger partial charge >= 0.3 is 0 Å². The van der Waals surface area contributed by atoms with Crippen LogP contribution < -0.4 is 9.47 Å². The smallest absolute Gasteiger partial charge is 0.260 e. The summed E-state index contributed by atoms with van der Waals surface area (Å²) in [6.45, 7) is 4.07. The molecule has 29 heavy (non-hydrogen) atoms. The van der Waals surface area contributed by atoms with Crippen molar-refractivity contribution in [1.29, 1.82) is 0 Å². The lowest BCUT2D eigenvalue weighted by molar-refractivity contribution is -0.141. The maximum atomic E-state index is 12.4. The summed E-state index contributed by atoms with van der Waals surface area (Å²) in [4.78, 5) is 28.1. The van der Waals surface area contributed by atoms with E-state index in [0.717, 1.165) is 11.3 Å². The lowest BCUT2D eigenvalue weighted by Gasteiger charge is -2.34. The van der Waals surface area contributed by atoms with Crippen LogP contribution in [0.15, 0.2) is 48.5 Å². The number of phenols is 1. The summed E-state index contributed by atoms with van der Waals surface area (Å²) in [6, 6.07) is 14.2. The Hall–Kier alpha value is -3.22. The number of rotatable bonds is 7. The van der Waals surface area contributed by atoms with E-state index < -0.39 is 0 Å². The molecule has 1 heterocycles. The van der Waals surface area contributed by atoms with Gasteiger partial charge in [0.05, 0.1) is 13.0 Å². The average molecular weight is 398 g/mol. The third-order valence-electron chi connectivity index (χ3n) is 4.87. The molecule has 1 N–H and O–H groups in total. The van der Waals surface area contributed by atoms with Gasteiger partial charge in [-0.3, -0.25) is 9.59 Å². The monoisotopic (exact) mass is 398 g/mol. The van der Waals surface area contributed by atoms with Crippen LogP contribution in [0.4, 0.5) is 0 Å². The number of phenolic OH excluding ortho intramolecular Hbond substituents is 1. The molecule has 7 nitrogen and oxygen atoms in total. The molecule has 1 aliphatic rings. The van der Waals surface area contributed by atoms with Crippen molar-refractivity contribution in [3.05, 3.63) is 54.1 Å². The molecule has 0 saturated carbocycles.